The molecule has 0 bridgehead atoms. The third kappa shape index (κ3) is 4.91. The van der Waals surface area contributed by atoms with Gasteiger partial charge in [0.1, 0.15) is 0 Å². The molecule has 9 heteroatoms. The molecule has 0 radical (unpaired) electrons. The van der Waals surface area contributed by atoms with Gasteiger partial charge in [-0.25, -0.2) is 8.42 Å². The molecule has 0 aliphatic carbocycles. The van der Waals surface area contributed by atoms with Gasteiger partial charge in [-0.05, 0) is 24.1 Å². The molecule has 0 saturated carbocycles. The van der Waals surface area contributed by atoms with Gasteiger partial charge < -0.3 is 24.8 Å². The first-order chi connectivity index (χ1) is 11.9. The summed E-state index contributed by atoms with van der Waals surface area (Å²) in [4.78, 5) is 4.15. The van der Waals surface area contributed by atoms with E-state index in [2.05, 4.69) is 15.6 Å². The number of ether oxygens (including phenoxy) is 3. The molecule has 1 fully saturated rings. The first kappa shape index (κ1) is 19.2. The highest BCUT2D eigenvalue weighted by Crippen LogP contribution is 2.38. The second-order valence-electron chi connectivity index (χ2n) is 5.70. The van der Waals surface area contributed by atoms with Crippen LogP contribution in [-0.2, 0) is 16.4 Å². The summed E-state index contributed by atoms with van der Waals surface area (Å²) in [6.45, 7) is 0.468. The van der Waals surface area contributed by atoms with E-state index >= 15 is 0 Å². The van der Waals surface area contributed by atoms with Crippen LogP contribution in [0.5, 0.6) is 17.2 Å². The summed E-state index contributed by atoms with van der Waals surface area (Å²) < 4.78 is 39.1. The van der Waals surface area contributed by atoms with Crippen LogP contribution in [0.2, 0.25) is 0 Å². The standard InChI is InChI=1S/C16H25N3O5S/c1-17-16(19-12-5-6-25(20,21)10-12)18-9-11-7-13(22-2)15(24-4)14(8-11)23-3/h7-8,12H,5-6,9-10H2,1-4H3,(H2,17,18,19). The van der Waals surface area contributed by atoms with Gasteiger partial charge in [-0.3, -0.25) is 4.99 Å². The van der Waals surface area contributed by atoms with Gasteiger partial charge in [0.05, 0.1) is 32.8 Å². The number of nitrogens with zero attached hydrogens (tertiary/aromatic N) is 1. The number of sulfone groups is 1. The van der Waals surface area contributed by atoms with Crippen LogP contribution in [0.1, 0.15) is 12.0 Å². The third-order valence-corrected chi connectivity index (χ3v) is 5.75. The minimum absolute atomic E-state index is 0.115. The van der Waals surface area contributed by atoms with Crippen LogP contribution in [0, 0.1) is 0 Å². The largest absolute Gasteiger partial charge is 0.493 e. The Balaban J connectivity index is 2.04. The zero-order chi connectivity index (χ0) is 18.4. The lowest BCUT2D eigenvalue weighted by atomic mass is 10.2. The molecular weight excluding hydrogens is 346 g/mol. The lowest BCUT2D eigenvalue weighted by Gasteiger charge is -2.17. The smallest absolute Gasteiger partial charge is 0.203 e. The van der Waals surface area contributed by atoms with Gasteiger partial charge in [0.15, 0.2) is 27.3 Å². The van der Waals surface area contributed by atoms with E-state index < -0.39 is 9.84 Å². The third-order valence-electron chi connectivity index (χ3n) is 3.98. The highest BCUT2D eigenvalue weighted by molar-refractivity contribution is 7.91. The van der Waals surface area contributed by atoms with E-state index in [-0.39, 0.29) is 17.5 Å². The minimum Gasteiger partial charge on any atom is -0.493 e. The molecule has 1 heterocycles. The van der Waals surface area contributed by atoms with E-state index in [0.29, 0.717) is 36.2 Å². The monoisotopic (exact) mass is 371 g/mol. The van der Waals surface area contributed by atoms with Crippen molar-refractivity contribution in [1.82, 2.24) is 10.6 Å². The molecule has 1 aromatic rings. The van der Waals surface area contributed by atoms with E-state index in [1.54, 1.807) is 28.4 Å². The maximum atomic E-state index is 11.6. The topological polar surface area (TPSA) is 98.2 Å². The van der Waals surface area contributed by atoms with E-state index in [4.69, 9.17) is 14.2 Å². The molecule has 25 heavy (non-hydrogen) atoms. The van der Waals surface area contributed by atoms with Gasteiger partial charge >= 0.3 is 0 Å². The second kappa shape index (κ2) is 8.28. The number of benzene rings is 1. The zero-order valence-electron chi connectivity index (χ0n) is 15.0. The fraction of sp³-hybridized carbons (Fsp3) is 0.562. The molecule has 1 aliphatic rings. The highest BCUT2D eigenvalue weighted by atomic mass is 32.2. The van der Waals surface area contributed by atoms with Crippen molar-refractivity contribution in [3.63, 3.8) is 0 Å². The van der Waals surface area contributed by atoms with Gasteiger partial charge in [-0.2, -0.15) is 0 Å². The Morgan fingerprint density at radius 2 is 1.84 bits per heavy atom. The van der Waals surface area contributed by atoms with Crippen LogP contribution in [0.15, 0.2) is 17.1 Å². The molecule has 2 N–H and O–H groups in total. The molecule has 1 atom stereocenters. The van der Waals surface area contributed by atoms with Crippen LogP contribution < -0.4 is 24.8 Å². The number of aliphatic imine (C=N–C) groups is 1. The Kier molecular flexibility index (Phi) is 6.35. The quantitative estimate of drug-likeness (QED) is 0.557. The Morgan fingerprint density at radius 1 is 1.20 bits per heavy atom. The van der Waals surface area contributed by atoms with Crippen molar-refractivity contribution in [3.8, 4) is 17.2 Å². The van der Waals surface area contributed by atoms with Gasteiger partial charge in [-0.15, -0.1) is 0 Å². The summed E-state index contributed by atoms with van der Waals surface area (Å²) in [5.41, 5.74) is 0.913. The Bertz CT molecular complexity index is 708. The number of nitrogens with one attached hydrogen (secondary N) is 2. The van der Waals surface area contributed by atoms with Crippen LogP contribution in [-0.4, -0.2) is 60.3 Å². The SMILES string of the molecule is CN=C(NCc1cc(OC)c(OC)c(OC)c1)NC1CCS(=O)(=O)C1. The molecule has 8 nitrogen and oxygen atoms in total. The summed E-state index contributed by atoms with van der Waals surface area (Å²) in [6.07, 6.45) is 0.590. The minimum atomic E-state index is -2.93. The number of guanidine groups is 1. The lowest BCUT2D eigenvalue weighted by Crippen LogP contribution is -2.43. The Labute approximate surface area is 148 Å². The predicted molar refractivity (Wildman–Crippen MR) is 96.5 cm³/mol. The molecule has 0 amide bonds. The van der Waals surface area contributed by atoms with Crippen molar-refractivity contribution in [2.24, 2.45) is 4.99 Å². The average Bonchev–Trinajstić information content (AvgIpc) is 2.95. The maximum absolute atomic E-state index is 11.6. The van der Waals surface area contributed by atoms with Crippen LogP contribution in [0.25, 0.3) is 0 Å². The van der Waals surface area contributed by atoms with E-state index in [0.717, 1.165) is 5.56 Å². The van der Waals surface area contributed by atoms with Crippen molar-refractivity contribution in [3.05, 3.63) is 17.7 Å². The number of hydrogen-bond donors (Lipinski definition) is 2. The van der Waals surface area contributed by atoms with E-state index in [1.165, 1.54) is 0 Å². The predicted octanol–water partition coefficient (Wildman–Crippen LogP) is 0.565. The van der Waals surface area contributed by atoms with Crippen LogP contribution in [0.4, 0.5) is 0 Å². The van der Waals surface area contributed by atoms with Crippen molar-refractivity contribution in [2.75, 3.05) is 39.9 Å². The molecule has 0 aromatic heterocycles. The fourth-order valence-corrected chi connectivity index (χ4v) is 4.39. The molecular formula is C16H25N3O5S. The number of methoxy groups -OCH3 is 3. The lowest BCUT2D eigenvalue weighted by molar-refractivity contribution is 0.323. The Hall–Kier alpha value is -2.16. The maximum Gasteiger partial charge on any atom is 0.203 e. The van der Waals surface area contributed by atoms with Gasteiger partial charge in [0.25, 0.3) is 0 Å². The average molecular weight is 371 g/mol. The highest BCUT2D eigenvalue weighted by Gasteiger charge is 2.28. The summed E-state index contributed by atoms with van der Waals surface area (Å²) >= 11 is 0. The fourth-order valence-electron chi connectivity index (χ4n) is 2.72. The van der Waals surface area contributed by atoms with E-state index in [9.17, 15) is 8.42 Å². The molecule has 1 aromatic carbocycles. The molecule has 1 saturated heterocycles. The number of hydrogen-bond acceptors (Lipinski definition) is 6. The van der Waals surface area contributed by atoms with Crippen LogP contribution in [0.3, 0.4) is 0 Å². The second-order valence-corrected chi connectivity index (χ2v) is 7.93. The van der Waals surface area contributed by atoms with Crippen molar-refractivity contribution < 1.29 is 22.6 Å². The van der Waals surface area contributed by atoms with Crippen LogP contribution >= 0.6 is 0 Å². The molecule has 2 rings (SSSR count). The van der Waals surface area contributed by atoms with E-state index in [1.807, 2.05) is 12.1 Å². The summed E-state index contributed by atoms with van der Waals surface area (Å²) in [6, 6.07) is 3.58. The summed E-state index contributed by atoms with van der Waals surface area (Å²) in [5, 5.41) is 6.32. The number of rotatable bonds is 6. The first-order valence-corrected chi connectivity index (χ1v) is 9.71. The molecule has 0 spiro atoms. The summed E-state index contributed by atoms with van der Waals surface area (Å²) in [5.74, 6) is 2.59. The molecule has 1 aliphatic heterocycles. The normalized spacial score (nSPS) is 19.4. The molecule has 1 unspecified atom stereocenters. The first-order valence-electron chi connectivity index (χ1n) is 7.89. The Morgan fingerprint density at radius 3 is 2.28 bits per heavy atom. The zero-order valence-corrected chi connectivity index (χ0v) is 15.8. The van der Waals surface area contributed by atoms with Crippen molar-refractivity contribution in [2.45, 2.75) is 19.0 Å². The van der Waals surface area contributed by atoms with Crippen molar-refractivity contribution in [1.29, 1.82) is 0 Å². The van der Waals surface area contributed by atoms with Crippen molar-refractivity contribution >= 4 is 15.8 Å². The van der Waals surface area contributed by atoms with Gasteiger partial charge in [0, 0.05) is 19.6 Å². The molecule has 140 valence electrons. The van der Waals surface area contributed by atoms with Gasteiger partial charge in [-0.1, -0.05) is 0 Å². The summed E-state index contributed by atoms with van der Waals surface area (Å²) in [7, 11) is 3.40. The van der Waals surface area contributed by atoms with Gasteiger partial charge in [0.2, 0.25) is 5.75 Å².